The van der Waals surface area contributed by atoms with Crippen LogP contribution in [0.15, 0.2) is 115 Å². The zero-order chi connectivity index (χ0) is 41.0. The molecule has 1 aliphatic rings. The Balaban J connectivity index is 0.000000891. The van der Waals surface area contributed by atoms with E-state index in [0.717, 1.165) is 81.9 Å². The zero-order valence-electron chi connectivity index (χ0n) is 35.1. The number of aldehydes is 1. The number of benzene rings is 2. The average Bonchev–Trinajstić information content (AvgIpc) is 3.93. The molecule has 0 saturated carbocycles. The predicted molar refractivity (Wildman–Crippen MR) is 249 cm³/mol. The number of unbranched alkanes of at least 4 members (excludes halogenated alkanes) is 6. The highest BCUT2D eigenvalue weighted by molar-refractivity contribution is 6.27. The molecule has 3 heterocycles. The van der Waals surface area contributed by atoms with Crippen LogP contribution in [0.3, 0.4) is 0 Å². The fourth-order valence-electron chi connectivity index (χ4n) is 7.17. The van der Waals surface area contributed by atoms with E-state index in [0.29, 0.717) is 17.7 Å². The molecule has 0 aliphatic carbocycles. The normalized spacial score (nSPS) is 19.2. The molecular formula is C52H68N4O2. The van der Waals surface area contributed by atoms with Gasteiger partial charge >= 0.3 is 0 Å². The number of aromatic nitrogens is 2. The van der Waals surface area contributed by atoms with Gasteiger partial charge in [0.05, 0.1) is 11.8 Å². The lowest BCUT2D eigenvalue weighted by Crippen LogP contribution is -2.30. The van der Waals surface area contributed by atoms with Gasteiger partial charge in [0.15, 0.2) is 5.78 Å². The second kappa shape index (κ2) is 25.0. The van der Waals surface area contributed by atoms with Crippen LogP contribution in [0.25, 0.3) is 22.3 Å². The van der Waals surface area contributed by atoms with Gasteiger partial charge in [0.2, 0.25) is 0 Å². The lowest BCUT2D eigenvalue weighted by Gasteiger charge is -2.18. The van der Waals surface area contributed by atoms with Gasteiger partial charge in [-0.1, -0.05) is 140 Å². The molecular weight excluding hydrogens is 713 g/mol. The Labute approximate surface area is 348 Å². The second-order valence-electron chi connectivity index (χ2n) is 14.9. The summed E-state index contributed by atoms with van der Waals surface area (Å²) in [6.45, 7) is 12.8. The molecule has 6 nitrogen and oxygen atoms in total. The fraction of sp³-hybridized carbons (Fsp3) is 0.365. The Bertz CT molecular complexity index is 2160. The van der Waals surface area contributed by atoms with Crippen molar-refractivity contribution in [2.45, 2.75) is 126 Å². The molecule has 0 fully saturated rings. The van der Waals surface area contributed by atoms with Crippen LogP contribution in [0.4, 0.5) is 0 Å². The Kier molecular flexibility index (Phi) is 20.2. The van der Waals surface area contributed by atoms with Crippen molar-refractivity contribution in [3.8, 4) is 0 Å². The van der Waals surface area contributed by atoms with Crippen LogP contribution in [0.2, 0.25) is 0 Å². The molecule has 4 aromatic rings. The molecule has 2 aromatic heterocycles. The molecule has 4 N–H and O–H groups in total. The molecule has 6 heteroatoms. The SMILES string of the molecule is C.C/C=C\C1N/C=C(/C)c2ccc([nH]2)/C(CCCCCC)=C(C)/C=C\C(=N)/C(c2ccc(C(=O)CC)cc2)=c2/cc/c([nH]2)=C/1CCCCCC.O=Cc1ccccc1. The van der Waals surface area contributed by atoms with Crippen molar-refractivity contribution in [3.05, 3.63) is 154 Å². The lowest BCUT2D eigenvalue weighted by atomic mass is 9.96. The predicted octanol–water partition coefficient (Wildman–Crippen LogP) is 12.3. The van der Waals surface area contributed by atoms with Crippen molar-refractivity contribution in [1.29, 1.82) is 5.41 Å². The smallest absolute Gasteiger partial charge is 0.162 e. The van der Waals surface area contributed by atoms with Crippen LogP contribution in [-0.2, 0) is 0 Å². The van der Waals surface area contributed by atoms with Gasteiger partial charge in [0.1, 0.15) is 6.29 Å². The van der Waals surface area contributed by atoms with Gasteiger partial charge in [0.25, 0.3) is 0 Å². The number of carbonyl (C=O) groups is 2. The van der Waals surface area contributed by atoms with Gasteiger partial charge in [0, 0.05) is 51.4 Å². The van der Waals surface area contributed by atoms with E-state index >= 15 is 0 Å². The highest BCUT2D eigenvalue weighted by Gasteiger charge is 2.16. The van der Waals surface area contributed by atoms with Crippen LogP contribution in [-0.4, -0.2) is 33.8 Å². The largest absolute Gasteiger partial charge is 0.381 e. The number of carbonyl (C=O) groups excluding carboxylic acids is 2. The van der Waals surface area contributed by atoms with Gasteiger partial charge in [-0.05, 0) is 105 Å². The monoisotopic (exact) mass is 781 g/mol. The van der Waals surface area contributed by atoms with E-state index in [-0.39, 0.29) is 19.3 Å². The Morgan fingerprint density at radius 2 is 1.40 bits per heavy atom. The first-order valence-corrected chi connectivity index (χ1v) is 21.0. The van der Waals surface area contributed by atoms with Gasteiger partial charge in [-0.3, -0.25) is 9.59 Å². The third-order valence-electron chi connectivity index (χ3n) is 10.6. The maximum absolute atomic E-state index is 12.5. The van der Waals surface area contributed by atoms with E-state index < -0.39 is 0 Å². The molecule has 1 unspecified atom stereocenters. The third kappa shape index (κ3) is 13.6. The van der Waals surface area contributed by atoms with Crippen molar-refractivity contribution >= 4 is 40.1 Å². The van der Waals surface area contributed by atoms with Crippen molar-refractivity contribution in [2.75, 3.05) is 0 Å². The number of allylic oxidation sites excluding steroid dienone is 6. The number of aromatic amines is 2. The Morgan fingerprint density at radius 1 is 0.741 bits per heavy atom. The van der Waals surface area contributed by atoms with Crippen molar-refractivity contribution in [2.24, 2.45) is 0 Å². The average molecular weight is 781 g/mol. The molecule has 0 spiro atoms. The van der Waals surface area contributed by atoms with Crippen LogP contribution < -0.4 is 16.0 Å². The summed E-state index contributed by atoms with van der Waals surface area (Å²) in [7, 11) is 0. The summed E-state index contributed by atoms with van der Waals surface area (Å²) in [6.07, 6.45) is 23.3. The fourth-order valence-corrected chi connectivity index (χ4v) is 7.17. The van der Waals surface area contributed by atoms with Crippen LogP contribution in [0.5, 0.6) is 0 Å². The van der Waals surface area contributed by atoms with Crippen molar-refractivity contribution in [1.82, 2.24) is 15.3 Å². The summed E-state index contributed by atoms with van der Waals surface area (Å²) in [4.78, 5) is 30.0. The third-order valence-corrected chi connectivity index (χ3v) is 10.6. The summed E-state index contributed by atoms with van der Waals surface area (Å²) < 4.78 is 0. The highest BCUT2D eigenvalue weighted by atomic mass is 16.1. The number of rotatable bonds is 15. The maximum Gasteiger partial charge on any atom is 0.162 e. The standard InChI is InChI=1S/C44H58N4O.C7H6O.CH4/c1-7-11-13-15-18-35-31(5)20-25-37(45)44(34-23-21-33(22-24-34)43(49)10-4)42-29-28-41(48-42)36(19-16-14-12-8-2)39(17-9-3)46-30-32(6)38-26-27-40(35)47-38;8-6-7-4-2-1-3-5-7;/h9,17,20-30,39,45-48H,7-8,10-16,18-19H2,1-6H3;1-6H;1H4/b17-9-,25-20-,32-30-,35-31+,41-36-,44-42-,45-37?;;. The van der Waals surface area contributed by atoms with Gasteiger partial charge < -0.3 is 20.7 Å². The number of hydrogen-bond donors (Lipinski definition) is 4. The van der Waals surface area contributed by atoms with Crippen molar-refractivity contribution in [3.63, 3.8) is 0 Å². The van der Waals surface area contributed by atoms with E-state index in [9.17, 15) is 15.0 Å². The Morgan fingerprint density at radius 3 is 2.02 bits per heavy atom. The zero-order valence-corrected chi connectivity index (χ0v) is 35.1. The number of nitrogens with one attached hydrogen (secondary N) is 4. The molecule has 1 atom stereocenters. The molecule has 58 heavy (non-hydrogen) atoms. The van der Waals surface area contributed by atoms with Crippen LogP contribution in [0, 0.1) is 5.41 Å². The second-order valence-corrected chi connectivity index (χ2v) is 14.9. The summed E-state index contributed by atoms with van der Waals surface area (Å²) in [5.41, 5.74) is 10.7. The summed E-state index contributed by atoms with van der Waals surface area (Å²) in [5, 5.41) is 15.2. The van der Waals surface area contributed by atoms with E-state index in [1.807, 2.05) is 55.5 Å². The minimum absolute atomic E-state index is 0. The number of hydrogen-bond acceptors (Lipinski definition) is 4. The Hall–Kier alpha value is -5.49. The summed E-state index contributed by atoms with van der Waals surface area (Å²) in [6, 6.07) is 25.5. The first-order chi connectivity index (χ1) is 27.7. The summed E-state index contributed by atoms with van der Waals surface area (Å²) in [5.74, 6) is 0.122. The van der Waals surface area contributed by atoms with Gasteiger partial charge in [-0.25, -0.2) is 0 Å². The molecule has 5 rings (SSSR count). The molecule has 2 aromatic carbocycles. The first kappa shape index (κ1) is 46.9. The minimum Gasteiger partial charge on any atom is -0.381 e. The van der Waals surface area contributed by atoms with Crippen LogP contribution in [0.1, 0.15) is 157 Å². The minimum atomic E-state index is 0. The molecule has 4 bridgehead atoms. The summed E-state index contributed by atoms with van der Waals surface area (Å²) >= 11 is 0. The molecule has 308 valence electrons. The van der Waals surface area contributed by atoms with Crippen LogP contribution >= 0.6 is 0 Å². The lowest BCUT2D eigenvalue weighted by molar-refractivity contribution is 0.0987. The first-order valence-electron chi connectivity index (χ1n) is 21.0. The molecule has 1 aliphatic heterocycles. The number of H-pyrrole nitrogens is 2. The number of fused-ring (bicyclic) bond motifs is 4. The van der Waals surface area contributed by atoms with E-state index in [2.05, 4.69) is 98.6 Å². The number of ketones is 1. The highest BCUT2D eigenvalue weighted by Crippen LogP contribution is 2.28. The van der Waals surface area contributed by atoms with Gasteiger partial charge in [-0.15, -0.1) is 0 Å². The van der Waals surface area contributed by atoms with E-state index in [4.69, 9.17) is 0 Å². The molecule has 0 radical (unpaired) electrons. The maximum atomic E-state index is 12.5. The van der Waals surface area contributed by atoms with E-state index in [1.54, 1.807) is 12.1 Å². The molecule has 0 saturated heterocycles. The quantitative estimate of drug-likeness (QED) is 0.0418. The topological polar surface area (TPSA) is 102 Å². The van der Waals surface area contributed by atoms with E-state index in [1.165, 1.54) is 49.7 Å². The van der Waals surface area contributed by atoms with Crippen molar-refractivity contribution < 1.29 is 9.59 Å². The number of Topliss-reactive ketones (excluding diaryl/α,β-unsaturated/α-hetero) is 1. The van der Waals surface area contributed by atoms with Gasteiger partial charge in [-0.2, -0.15) is 0 Å². The molecule has 0 amide bonds.